The molecule has 1 aromatic heterocycles. The highest BCUT2D eigenvalue weighted by molar-refractivity contribution is 5.85. The fraction of sp³-hybridized carbons (Fsp3) is 0.500. The fourth-order valence-corrected chi connectivity index (χ4v) is 3.32. The minimum absolute atomic E-state index is 0. The molecule has 2 fully saturated rings. The quantitative estimate of drug-likeness (QED) is 0.779. The van der Waals surface area contributed by atoms with E-state index in [2.05, 4.69) is 25.1 Å². The standard InChI is InChI=1S/C18H22N6O4.ClH/c1-2-14-15(28-12-27-14)11-13(1)19-16-20-17(23-3-7-25-8-4-23)22-18(21-16)24-5-9-26-10-6-24;/h1-2,11H,3-10,12H2,(H,19,20,21,22);1H. The van der Waals surface area contributed by atoms with Crippen LogP contribution < -0.4 is 24.6 Å². The van der Waals surface area contributed by atoms with E-state index >= 15 is 0 Å². The summed E-state index contributed by atoms with van der Waals surface area (Å²) in [6.07, 6.45) is 0. The number of hydrogen-bond donors (Lipinski definition) is 1. The number of rotatable bonds is 4. The number of aromatic nitrogens is 3. The van der Waals surface area contributed by atoms with Gasteiger partial charge in [0, 0.05) is 37.9 Å². The summed E-state index contributed by atoms with van der Waals surface area (Å²) in [6, 6.07) is 5.67. The zero-order valence-corrected chi connectivity index (χ0v) is 16.7. The van der Waals surface area contributed by atoms with E-state index in [1.165, 1.54) is 0 Å². The SMILES string of the molecule is Cl.c1cc2c(cc1Nc1nc(N3CCOCC3)nc(N3CCOCC3)n1)OCO2. The van der Waals surface area contributed by atoms with Crippen molar-refractivity contribution in [1.82, 2.24) is 15.0 Å². The predicted molar refractivity (Wildman–Crippen MR) is 109 cm³/mol. The van der Waals surface area contributed by atoms with Gasteiger partial charge in [0.15, 0.2) is 11.5 Å². The van der Waals surface area contributed by atoms with Crippen LogP contribution >= 0.6 is 12.4 Å². The molecule has 0 amide bonds. The Bertz CT molecular complexity index is 809. The van der Waals surface area contributed by atoms with Gasteiger partial charge >= 0.3 is 0 Å². The first-order valence-electron chi connectivity index (χ1n) is 9.43. The molecule has 0 atom stereocenters. The third-order valence-corrected chi connectivity index (χ3v) is 4.83. The smallest absolute Gasteiger partial charge is 0.233 e. The molecule has 156 valence electrons. The number of anilines is 4. The summed E-state index contributed by atoms with van der Waals surface area (Å²) in [5.41, 5.74) is 0.830. The third kappa shape index (κ3) is 4.39. The molecule has 0 spiro atoms. The highest BCUT2D eigenvalue weighted by Crippen LogP contribution is 2.35. The lowest BCUT2D eigenvalue weighted by Gasteiger charge is -2.30. The van der Waals surface area contributed by atoms with Crippen molar-refractivity contribution in [3.63, 3.8) is 0 Å². The molecule has 0 aliphatic carbocycles. The van der Waals surface area contributed by atoms with Crippen molar-refractivity contribution >= 4 is 35.9 Å². The molecule has 0 saturated carbocycles. The first kappa shape index (κ1) is 19.7. The van der Waals surface area contributed by atoms with Gasteiger partial charge < -0.3 is 34.1 Å². The minimum Gasteiger partial charge on any atom is -0.454 e. The van der Waals surface area contributed by atoms with Gasteiger partial charge in [0.1, 0.15) is 0 Å². The molecule has 0 radical (unpaired) electrons. The number of fused-ring (bicyclic) bond motifs is 1. The second-order valence-electron chi connectivity index (χ2n) is 6.65. The van der Waals surface area contributed by atoms with Gasteiger partial charge in [-0.3, -0.25) is 0 Å². The Hall–Kier alpha value is -2.56. The normalized spacial score (nSPS) is 18.3. The van der Waals surface area contributed by atoms with Crippen LogP contribution in [0.1, 0.15) is 0 Å². The molecular weight excluding hydrogens is 400 g/mol. The van der Waals surface area contributed by atoms with E-state index in [4.69, 9.17) is 23.9 Å². The fourth-order valence-electron chi connectivity index (χ4n) is 3.32. The van der Waals surface area contributed by atoms with Crippen LogP contribution in [0.25, 0.3) is 0 Å². The molecule has 0 unspecified atom stereocenters. The number of nitrogens with zero attached hydrogens (tertiary/aromatic N) is 5. The van der Waals surface area contributed by atoms with Gasteiger partial charge in [0.05, 0.1) is 26.4 Å². The lowest BCUT2D eigenvalue weighted by Crippen LogP contribution is -2.40. The maximum absolute atomic E-state index is 5.46. The van der Waals surface area contributed by atoms with Gasteiger partial charge in [-0.1, -0.05) is 0 Å². The van der Waals surface area contributed by atoms with Crippen molar-refractivity contribution in [1.29, 1.82) is 0 Å². The van der Waals surface area contributed by atoms with Crippen LogP contribution in [0.4, 0.5) is 23.5 Å². The minimum atomic E-state index is 0. The average molecular weight is 423 g/mol. The molecule has 1 aromatic carbocycles. The average Bonchev–Trinajstić information content (AvgIpc) is 3.23. The zero-order chi connectivity index (χ0) is 18.8. The number of hydrogen-bond acceptors (Lipinski definition) is 10. The number of morpholine rings is 2. The van der Waals surface area contributed by atoms with E-state index < -0.39 is 0 Å². The van der Waals surface area contributed by atoms with Crippen LogP contribution in [0.15, 0.2) is 18.2 Å². The molecule has 11 heteroatoms. The molecule has 2 aromatic rings. The van der Waals surface area contributed by atoms with Gasteiger partial charge in [-0.25, -0.2) is 0 Å². The topological polar surface area (TPSA) is 94.1 Å². The monoisotopic (exact) mass is 422 g/mol. The molecular formula is C18H23ClN6O4. The number of ether oxygens (including phenoxy) is 4. The first-order valence-corrected chi connectivity index (χ1v) is 9.43. The van der Waals surface area contributed by atoms with E-state index in [-0.39, 0.29) is 19.2 Å². The van der Waals surface area contributed by atoms with Crippen molar-refractivity contribution in [3.05, 3.63) is 18.2 Å². The summed E-state index contributed by atoms with van der Waals surface area (Å²) >= 11 is 0. The van der Waals surface area contributed by atoms with E-state index in [1.807, 2.05) is 18.2 Å². The molecule has 0 bridgehead atoms. The van der Waals surface area contributed by atoms with E-state index in [0.717, 1.165) is 37.6 Å². The Kier molecular flexibility index (Phi) is 6.02. The molecule has 4 heterocycles. The maximum atomic E-state index is 5.46. The van der Waals surface area contributed by atoms with Crippen LogP contribution in [0.2, 0.25) is 0 Å². The van der Waals surface area contributed by atoms with Crippen molar-refractivity contribution in [2.24, 2.45) is 0 Å². The Morgan fingerprint density at radius 3 is 1.97 bits per heavy atom. The summed E-state index contributed by atoms with van der Waals surface area (Å²) in [5.74, 6) is 3.26. The van der Waals surface area contributed by atoms with Crippen molar-refractivity contribution in [3.8, 4) is 11.5 Å². The number of nitrogens with one attached hydrogen (secondary N) is 1. The van der Waals surface area contributed by atoms with Gasteiger partial charge in [0.25, 0.3) is 0 Å². The summed E-state index contributed by atoms with van der Waals surface area (Å²) in [7, 11) is 0. The summed E-state index contributed by atoms with van der Waals surface area (Å²) < 4.78 is 21.7. The molecule has 5 rings (SSSR count). The second kappa shape index (κ2) is 8.85. The first-order chi connectivity index (χ1) is 13.8. The van der Waals surface area contributed by atoms with Crippen molar-refractivity contribution in [2.75, 3.05) is 74.5 Å². The van der Waals surface area contributed by atoms with Gasteiger partial charge in [0.2, 0.25) is 24.6 Å². The predicted octanol–water partition coefficient (Wildman–Crippen LogP) is 1.44. The summed E-state index contributed by atoms with van der Waals surface area (Å²) in [6.45, 7) is 5.96. The van der Waals surface area contributed by atoms with Crippen LogP contribution in [0.3, 0.4) is 0 Å². The number of halogens is 1. The van der Waals surface area contributed by atoms with Crippen LogP contribution in [0.5, 0.6) is 11.5 Å². The van der Waals surface area contributed by atoms with Crippen LogP contribution in [-0.2, 0) is 9.47 Å². The zero-order valence-electron chi connectivity index (χ0n) is 15.9. The molecule has 1 N–H and O–H groups in total. The van der Waals surface area contributed by atoms with Gasteiger partial charge in [-0.15, -0.1) is 12.4 Å². The van der Waals surface area contributed by atoms with Gasteiger partial charge in [-0.2, -0.15) is 15.0 Å². The number of benzene rings is 1. The van der Waals surface area contributed by atoms with E-state index in [9.17, 15) is 0 Å². The van der Waals surface area contributed by atoms with E-state index in [1.54, 1.807) is 0 Å². The Morgan fingerprint density at radius 2 is 1.34 bits per heavy atom. The van der Waals surface area contributed by atoms with Gasteiger partial charge in [-0.05, 0) is 12.1 Å². The lowest BCUT2D eigenvalue weighted by atomic mass is 10.3. The molecule has 3 aliphatic heterocycles. The molecule has 3 aliphatic rings. The Balaban J connectivity index is 0.00000205. The molecule has 10 nitrogen and oxygen atoms in total. The molecule has 29 heavy (non-hydrogen) atoms. The second-order valence-corrected chi connectivity index (χ2v) is 6.65. The highest BCUT2D eigenvalue weighted by Gasteiger charge is 2.21. The molecule has 2 saturated heterocycles. The third-order valence-electron chi connectivity index (χ3n) is 4.83. The Labute approximate surface area is 174 Å². The largest absolute Gasteiger partial charge is 0.454 e. The van der Waals surface area contributed by atoms with E-state index in [0.29, 0.717) is 50.0 Å². The van der Waals surface area contributed by atoms with Crippen LogP contribution in [0, 0.1) is 0 Å². The summed E-state index contributed by atoms with van der Waals surface area (Å²) in [5, 5.41) is 3.28. The van der Waals surface area contributed by atoms with Crippen molar-refractivity contribution in [2.45, 2.75) is 0 Å². The maximum Gasteiger partial charge on any atom is 0.233 e. The van der Waals surface area contributed by atoms with Crippen LogP contribution in [-0.4, -0.2) is 74.4 Å². The highest BCUT2D eigenvalue weighted by atomic mass is 35.5. The lowest BCUT2D eigenvalue weighted by molar-refractivity contribution is 0.121. The van der Waals surface area contributed by atoms with Crippen molar-refractivity contribution < 1.29 is 18.9 Å². The summed E-state index contributed by atoms with van der Waals surface area (Å²) in [4.78, 5) is 18.3. The Morgan fingerprint density at radius 1 is 0.759 bits per heavy atom.